The lowest BCUT2D eigenvalue weighted by Crippen LogP contribution is -2.04. The fourth-order valence-corrected chi connectivity index (χ4v) is 1.57. The van der Waals surface area contributed by atoms with Crippen molar-refractivity contribution in [2.45, 2.75) is 6.18 Å². The van der Waals surface area contributed by atoms with Gasteiger partial charge in [0.1, 0.15) is 0 Å². The number of hydrogen-bond donors (Lipinski definition) is 1. The van der Waals surface area contributed by atoms with Gasteiger partial charge in [-0.3, -0.25) is 5.10 Å². The lowest BCUT2D eigenvalue weighted by atomic mass is 10.1. The van der Waals surface area contributed by atoms with E-state index in [1.54, 1.807) is 18.3 Å². The van der Waals surface area contributed by atoms with Gasteiger partial charge in [0.15, 0.2) is 0 Å². The second kappa shape index (κ2) is 4.86. The Labute approximate surface area is 106 Å². The third-order valence-electron chi connectivity index (χ3n) is 2.29. The maximum absolute atomic E-state index is 12.5. The highest BCUT2D eigenvalue weighted by Gasteiger charge is 2.30. The third-order valence-corrected chi connectivity index (χ3v) is 2.63. The Morgan fingerprint density at radius 2 is 1.94 bits per heavy atom. The molecule has 0 unspecified atom stereocenters. The molecule has 0 saturated heterocycles. The lowest BCUT2D eigenvalue weighted by Gasteiger charge is -2.08. The Balaban J connectivity index is 2.33. The monoisotopic (exact) mass is 272 g/mol. The summed E-state index contributed by atoms with van der Waals surface area (Å²) in [7, 11) is 0. The minimum Gasteiger partial charge on any atom is -0.278 e. The van der Waals surface area contributed by atoms with Crippen molar-refractivity contribution in [3.8, 4) is 0 Å². The van der Waals surface area contributed by atoms with Crippen LogP contribution in [0.1, 0.15) is 16.8 Å². The molecule has 0 aliphatic carbocycles. The molecule has 0 aliphatic rings. The van der Waals surface area contributed by atoms with E-state index >= 15 is 0 Å². The number of H-pyrrole nitrogens is 1. The predicted octanol–water partition coefficient (Wildman–Crippen LogP) is 4.25. The zero-order chi connectivity index (χ0) is 13.2. The second-order valence-corrected chi connectivity index (χ2v) is 3.99. The fourth-order valence-electron chi connectivity index (χ4n) is 1.39. The molecule has 0 fully saturated rings. The summed E-state index contributed by atoms with van der Waals surface area (Å²) in [6, 6.07) is 4.89. The summed E-state index contributed by atoms with van der Waals surface area (Å²) in [5.41, 5.74) is 0.265. The largest absolute Gasteiger partial charge is 0.416 e. The zero-order valence-corrected chi connectivity index (χ0v) is 9.76. The number of aromatic nitrogens is 2. The molecule has 2 aromatic rings. The van der Waals surface area contributed by atoms with E-state index in [2.05, 4.69) is 10.2 Å². The summed E-state index contributed by atoms with van der Waals surface area (Å²) in [6.07, 6.45) is 0.286. The Hall–Kier alpha value is -1.75. The number of rotatable bonds is 2. The van der Waals surface area contributed by atoms with E-state index in [9.17, 15) is 13.2 Å². The van der Waals surface area contributed by atoms with Crippen LogP contribution in [-0.2, 0) is 6.18 Å². The molecular weight excluding hydrogens is 265 g/mol. The number of nitrogens with one attached hydrogen (secondary N) is 1. The average molecular weight is 273 g/mol. The molecule has 0 amide bonds. The van der Waals surface area contributed by atoms with Crippen LogP contribution in [0.4, 0.5) is 13.2 Å². The maximum Gasteiger partial charge on any atom is 0.416 e. The first-order valence-electron chi connectivity index (χ1n) is 5.01. The van der Waals surface area contributed by atoms with Crippen LogP contribution in [0.3, 0.4) is 0 Å². The highest BCUT2D eigenvalue weighted by Crippen LogP contribution is 2.32. The molecule has 0 aliphatic heterocycles. The number of benzene rings is 1. The van der Waals surface area contributed by atoms with Crippen LogP contribution in [0, 0.1) is 0 Å². The van der Waals surface area contributed by atoms with Crippen LogP contribution in [0.15, 0.2) is 30.5 Å². The molecule has 94 valence electrons. The molecule has 1 heterocycles. The summed E-state index contributed by atoms with van der Waals surface area (Å²) in [4.78, 5) is 0. The summed E-state index contributed by atoms with van der Waals surface area (Å²) in [6.45, 7) is 0. The smallest absolute Gasteiger partial charge is 0.278 e. The lowest BCUT2D eigenvalue weighted by molar-refractivity contribution is -0.137. The van der Waals surface area contributed by atoms with Gasteiger partial charge >= 0.3 is 6.18 Å². The van der Waals surface area contributed by atoms with Gasteiger partial charge in [0.2, 0.25) is 0 Å². The molecule has 0 radical (unpaired) electrons. The van der Waals surface area contributed by atoms with Gasteiger partial charge in [0, 0.05) is 11.2 Å². The van der Waals surface area contributed by atoms with E-state index in [1.807, 2.05) is 0 Å². The van der Waals surface area contributed by atoms with Gasteiger partial charge < -0.3 is 0 Å². The minimum atomic E-state index is -4.37. The van der Waals surface area contributed by atoms with Crippen LogP contribution in [0.2, 0.25) is 5.02 Å². The van der Waals surface area contributed by atoms with Gasteiger partial charge in [-0.15, -0.1) is 0 Å². The number of aromatic amines is 1. The van der Waals surface area contributed by atoms with Crippen LogP contribution in [-0.4, -0.2) is 10.2 Å². The van der Waals surface area contributed by atoms with Crippen molar-refractivity contribution >= 4 is 23.8 Å². The molecule has 0 spiro atoms. The Bertz CT molecular complexity index is 559. The van der Waals surface area contributed by atoms with Crippen molar-refractivity contribution in [3.05, 3.63) is 52.3 Å². The van der Waals surface area contributed by atoms with Crippen molar-refractivity contribution in [2.24, 2.45) is 0 Å². The van der Waals surface area contributed by atoms with E-state index in [-0.39, 0.29) is 5.02 Å². The van der Waals surface area contributed by atoms with Crippen LogP contribution < -0.4 is 0 Å². The fraction of sp³-hybridized carbons (Fsp3) is 0.0833. The molecule has 0 bridgehead atoms. The zero-order valence-electron chi connectivity index (χ0n) is 9.00. The first-order chi connectivity index (χ1) is 8.47. The highest BCUT2D eigenvalue weighted by atomic mass is 35.5. The van der Waals surface area contributed by atoms with E-state index in [0.717, 1.165) is 12.1 Å². The van der Waals surface area contributed by atoms with E-state index in [4.69, 9.17) is 11.6 Å². The molecule has 1 aromatic carbocycles. The van der Waals surface area contributed by atoms with Crippen molar-refractivity contribution in [3.63, 3.8) is 0 Å². The van der Waals surface area contributed by atoms with Gasteiger partial charge in [-0.2, -0.15) is 18.3 Å². The van der Waals surface area contributed by atoms with Crippen LogP contribution >= 0.6 is 11.6 Å². The molecule has 18 heavy (non-hydrogen) atoms. The molecule has 0 saturated carbocycles. The van der Waals surface area contributed by atoms with Crippen molar-refractivity contribution in [1.29, 1.82) is 0 Å². The van der Waals surface area contributed by atoms with Crippen LogP contribution in [0.5, 0.6) is 0 Å². The van der Waals surface area contributed by atoms with Gasteiger partial charge in [0.05, 0.1) is 11.3 Å². The van der Waals surface area contributed by atoms with Gasteiger partial charge in [-0.25, -0.2) is 0 Å². The van der Waals surface area contributed by atoms with Gasteiger partial charge in [0.25, 0.3) is 0 Å². The summed E-state index contributed by atoms with van der Waals surface area (Å²) in [5, 5.41) is 6.66. The average Bonchev–Trinajstić information content (AvgIpc) is 2.79. The summed E-state index contributed by atoms with van der Waals surface area (Å²) < 4.78 is 37.6. The van der Waals surface area contributed by atoms with E-state index in [0.29, 0.717) is 11.3 Å². The number of alkyl halides is 3. The van der Waals surface area contributed by atoms with Crippen LogP contribution in [0.25, 0.3) is 12.2 Å². The molecule has 6 heteroatoms. The standard InChI is InChI=1S/C12H8ClF3N2/c13-11-4-2-9(12(14,15)16)7-8(11)1-3-10-5-6-17-18-10/h1-7H,(H,17,18). The van der Waals surface area contributed by atoms with E-state index < -0.39 is 11.7 Å². The SMILES string of the molecule is FC(F)(F)c1ccc(Cl)c(C=Cc2ccn[nH]2)c1. The summed E-state index contributed by atoms with van der Waals surface area (Å²) >= 11 is 5.84. The van der Waals surface area contributed by atoms with Gasteiger partial charge in [-0.1, -0.05) is 17.7 Å². The molecule has 2 rings (SSSR count). The Morgan fingerprint density at radius 1 is 1.17 bits per heavy atom. The van der Waals surface area contributed by atoms with Crippen molar-refractivity contribution < 1.29 is 13.2 Å². The topological polar surface area (TPSA) is 28.7 Å². The number of halogens is 4. The normalized spacial score (nSPS) is 12.2. The second-order valence-electron chi connectivity index (χ2n) is 3.58. The first-order valence-corrected chi connectivity index (χ1v) is 5.39. The molecular formula is C12H8ClF3N2. The Morgan fingerprint density at radius 3 is 2.56 bits per heavy atom. The number of nitrogens with zero attached hydrogens (tertiary/aromatic N) is 1. The molecule has 1 N–H and O–H groups in total. The van der Waals surface area contributed by atoms with Crippen molar-refractivity contribution in [1.82, 2.24) is 10.2 Å². The van der Waals surface area contributed by atoms with Gasteiger partial charge in [-0.05, 0) is 35.9 Å². The predicted molar refractivity (Wildman–Crippen MR) is 64.0 cm³/mol. The minimum absolute atomic E-state index is 0.263. The first kappa shape index (κ1) is 12.7. The molecule has 0 atom stereocenters. The highest BCUT2D eigenvalue weighted by molar-refractivity contribution is 6.32. The quantitative estimate of drug-likeness (QED) is 0.870. The summed E-state index contributed by atoms with van der Waals surface area (Å²) in [5.74, 6) is 0. The number of hydrogen-bond acceptors (Lipinski definition) is 1. The maximum atomic E-state index is 12.5. The van der Waals surface area contributed by atoms with E-state index in [1.165, 1.54) is 12.1 Å². The third kappa shape index (κ3) is 2.92. The molecule has 2 nitrogen and oxygen atoms in total. The molecule has 1 aromatic heterocycles. The van der Waals surface area contributed by atoms with Crippen molar-refractivity contribution in [2.75, 3.05) is 0 Å². The Kier molecular flexibility index (Phi) is 3.43.